The zero-order valence-corrected chi connectivity index (χ0v) is 22.3. The molecule has 0 spiro atoms. The topological polar surface area (TPSA) is 65.1 Å². The SMILES string of the molecule is COC(=O)C(=O)N(CCCCc1ccccc1)c1cc(-c2ccc(OC(F)(F)F)cc2)ccc1OC1CCCC1. The summed E-state index contributed by atoms with van der Waals surface area (Å²) in [5.74, 6) is -1.68. The van der Waals surface area contributed by atoms with Gasteiger partial charge in [-0.2, -0.15) is 0 Å². The number of anilines is 1. The molecular weight excluding hydrogens is 523 g/mol. The lowest BCUT2D eigenvalue weighted by atomic mass is 10.0. The van der Waals surface area contributed by atoms with E-state index in [4.69, 9.17) is 9.47 Å². The fourth-order valence-corrected chi connectivity index (χ4v) is 4.81. The summed E-state index contributed by atoms with van der Waals surface area (Å²) in [7, 11) is 1.16. The van der Waals surface area contributed by atoms with Gasteiger partial charge in [-0.3, -0.25) is 9.69 Å². The van der Waals surface area contributed by atoms with Crippen molar-refractivity contribution in [3.63, 3.8) is 0 Å². The van der Waals surface area contributed by atoms with E-state index in [-0.39, 0.29) is 18.4 Å². The van der Waals surface area contributed by atoms with Gasteiger partial charge in [0.2, 0.25) is 0 Å². The van der Waals surface area contributed by atoms with Gasteiger partial charge in [-0.15, -0.1) is 13.2 Å². The van der Waals surface area contributed by atoms with Crippen molar-refractivity contribution < 1.29 is 37.0 Å². The zero-order chi connectivity index (χ0) is 28.5. The number of carbonyl (C=O) groups is 2. The summed E-state index contributed by atoms with van der Waals surface area (Å²) in [6.45, 7) is 0.254. The molecule has 0 N–H and O–H groups in total. The Labute approximate surface area is 231 Å². The van der Waals surface area contributed by atoms with Gasteiger partial charge in [-0.1, -0.05) is 48.5 Å². The van der Waals surface area contributed by atoms with Gasteiger partial charge in [0.25, 0.3) is 0 Å². The summed E-state index contributed by atoms with van der Waals surface area (Å²) in [5.41, 5.74) is 2.84. The molecule has 1 saturated carbocycles. The molecule has 0 aromatic heterocycles. The normalized spacial score (nSPS) is 13.6. The standard InChI is InChI=1S/C31H32F3NO5/c1-38-30(37)29(36)35(20-8-7-11-22-9-3-2-4-10-22)27-21-24(16-19-28(27)39-25-12-5-6-13-25)23-14-17-26(18-15-23)40-31(32,33)34/h2-4,9-10,14-19,21,25H,5-8,11-13,20H2,1H3. The van der Waals surface area contributed by atoms with Crippen LogP contribution in [0.4, 0.5) is 18.9 Å². The Morgan fingerprint density at radius 2 is 1.57 bits per heavy atom. The maximum absolute atomic E-state index is 13.2. The third-order valence-electron chi connectivity index (χ3n) is 6.81. The van der Waals surface area contributed by atoms with E-state index in [1.54, 1.807) is 18.2 Å². The summed E-state index contributed by atoms with van der Waals surface area (Å²) >= 11 is 0. The van der Waals surface area contributed by atoms with Gasteiger partial charge in [0, 0.05) is 6.54 Å². The summed E-state index contributed by atoms with van der Waals surface area (Å²) in [6.07, 6.45) is 1.32. The Morgan fingerprint density at radius 1 is 0.900 bits per heavy atom. The number of alkyl halides is 3. The van der Waals surface area contributed by atoms with E-state index in [9.17, 15) is 22.8 Å². The highest BCUT2D eigenvalue weighted by Gasteiger charge is 2.31. The molecule has 0 bridgehead atoms. The first-order chi connectivity index (χ1) is 19.2. The molecular formula is C31H32F3NO5. The van der Waals surface area contributed by atoms with Gasteiger partial charge in [-0.05, 0) is 85.9 Å². The number of nitrogens with zero attached hydrogens (tertiary/aromatic N) is 1. The van der Waals surface area contributed by atoms with Gasteiger partial charge in [0.1, 0.15) is 11.5 Å². The highest BCUT2D eigenvalue weighted by molar-refractivity contribution is 6.38. The molecule has 40 heavy (non-hydrogen) atoms. The molecule has 0 radical (unpaired) electrons. The van der Waals surface area contributed by atoms with Gasteiger partial charge in [0.05, 0.1) is 18.9 Å². The number of amides is 1. The number of aryl methyl sites for hydroxylation is 1. The van der Waals surface area contributed by atoms with Crippen LogP contribution in [0, 0.1) is 0 Å². The maximum atomic E-state index is 13.2. The predicted octanol–water partition coefficient (Wildman–Crippen LogP) is 7.10. The molecule has 1 aliphatic rings. The van der Waals surface area contributed by atoms with Crippen molar-refractivity contribution in [3.8, 4) is 22.6 Å². The Hall–Kier alpha value is -4.01. The van der Waals surface area contributed by atoms with E-state index in [1.807, 2.05) is 30.3 Å². The lowest BCUT2D eigenvalue weighted by Gasteiger charge is -2.26. The van der Waals surface area contributed by atoms with Crippen molar-refractivity contribution in [1.29, 1.82) is 0 Å². The Kier molecular flexibility index (Phi) is 9.69. The number of carbonyl (C=O) groups excluding carboxylic acids is 2. The Balaban J connectivity index is 1.63. The van der Waals surface area contributed by atoms with Crippen molar-refractivity contribution in [2.75, 3.05) is 18.6 Å². The van der Waals surface area contributed by atoms with E-state index in [2.05, 4.69) is 4.74 Å². The predicted molar refractivity (Wildman–Crippen MR) is 145 cm³/mol. The first-order valence-electron chi connectivity index (χ1n) is 13.3. The van der Waals surface area contributed by atoms with Crippen LogP contribution in [0.2, 0.25) is 0 Å². The number of hydrogen-bond acceptors (Lipinski definition) is 5. The maximum Gasteiger partial charge on any atom is 0.573 e. The van der Waals surface area contributed by atoms with Gasteiger partial charge in [0.15, 0.2) is 0 Å². The third-order valence-corrected chi connectivity index (χ3v) is 6.81. The second-order valence-corrected chi connectivity index (χ2v) is 9.67. The van der Waals surface area contributed by atoms with Crippen molar-refractivity contribution in [1.82, 2.24) is 0 Å². The number of unbranched alkanes of at least 4 members (excludes halogenated alkanes) is 1. The fourth-order valence-electron chi connectivity index (χ4n) is 4.81. The van der Waals surface area contributed by atoms with Crippen molar-refractivity contribution in [3.05, 3.63) is 78.4 Å². The fraction of sp³-hybridized carbons (Fsp3) is 0.355. The Bertz CT molecular complexity index is 1270. The quantitative estimate of drug-likeness (QED) is 0.152. The first kappa shape index (κ1) is 29.0. The van der Waals surface area contributed by atoms with Gasteiger partial charge in [-0.25, -0.2) is 4.79 Å². The van der Waals surface area contributed by atoms with E-state index in [0.29, 0.717) is 29.0 Å². The zero-order valence-electron chi connectivity index (χ0n) is 22.3. The molecule has 3 aromatic rings. The summed E-state index contributed by atoms with van der Waals surface area (Å²) in [5, 5.41) is 0. The average molecular weight is 556 g/mol. The van der Waals surface area contributed by atoms with Crippen LogP contribution < -0.4 is 14.4 Å². The molecule has 0 aliphatic heterocycles. The highest BCUT2D eigenvalue weighted by Crippen LogP contribution is 2.37. The van der Waals surface area contributed by atoms with Crippen LogP contribution in [0.5, 0.6) is 11.5 Å². The van der Waals surface area contributed by atoms with E-state index >= 15 is 0 Å². The molecule has 9 heteroatoms. The molecule has 1 fully saturated rings. The second kappa shape index (κ2) is 13.4. The smallest absolute Gasteiger partial charge is 0.488 e. The van der Waals surface area contributed by atoms with Crippen LogP contribution >= 0.6 is 0 Å². The minimum atomic E-state index is -4.79. The molecule has 3 aromatic carbocycles. The molecule has 0 heterocycles. The molecule has 0 atom stereocenters. The average Bonchev–Trinajstić information content (AvgIpc) is 3.46. The van der Waals surface area contributed by atoms with Crippen molar-refractivity contribution in [2.24, 2.45) is 0 Å². The summed E-state index contributed by atoms with van der Waals surface area (Å²) in [6, 6.07) is 20.7. The first-order valence-corrected chi connectivity index (χ1v) is 13.3. The molecule has 212 valence electrons. The molecule has 1 aliphatic carbocycles. The molecule has 4 rings (SSSR count). The minimum Gasteiger partial charge on any atom is -0.488 e. The monoisotopic (exact) mass is 555 g/mol. The van der Waals surface area contributed by atoms with Crippen LogP contribution in [0.3, 0.4) is 0 Å². The number of esters is 1. The third kappa shape index (κ3) is 8.00. The number of hydrogen-bond donors (Lipinski definition) is 0. The molecule has 1 amide bonds. The second-order valence-electron chi connectivity index (χ2n) is 9.67. The number of methoxy groups -OCH3 is 1. The van der Waals surface area contributed by atoms with E-state index in [0.717, 1.165) is 45.6 Å². The van der Waals surface area contributed by atoms with E-state index < -0.39 is 18.2 Å². The number of rotatable bonds is 10. The minimum absolute atomic E-state index is 0.00319. The molecule has 6 nitrogen and oxygen atoms in total. The van der Waals surface area contributed by atoms with Crippen LogP contribution in [0.1, 0.15) is 44.1 Å². The molecule has 0 unspecified atom stereocenters. The lowest BCUT2D eigenvalue weighted by Crippen LogP contribution is -2.38. The van der Waals surface area contributed by atoms with Crippen LogP contribution in [0.25, 0.3) is 11.1 Å². The number of halogens is 3. The van der Waals surface area contributed by atoms with Crippen LogP contribution in [-0.2, 0) is 20.7 Å². The van der Waals surface area contributed by atoms with Gasteiger partial charge < -0.3 is 14.2 Å². The van der Waals surface area contributed by atoms with Gasteiger partial charge >= 0.3 is 18.2 Å². The van der Waals surface area contributed by atoms with Crippen LogP contribution in [0.15, 0.2) is 72.8 Å². The summed E-state index contributed by atoms with van der Waals surface area (Å²) < 4.78 is 52.8. The number of ether oxygens (including phenoxy) is 3. The highest BCUT2D eigenvalue weighted by atomic mass is 19.4. The number of benzene rings is 3. The molecule has 0 saturated heterocycles. The van der Waals surface area contributed by atoms with Crippen LogP contribution in [-0.4, -0.2) is 38.0 Å². The largest absolute Gasteiger partial charge is 0.573 e. The summed E-state index contributed by atoms with van der Waals surface area (Å²) in [4.78, 5) is 27.0. The Morgan fingerprint density at radius 3 is 2.23 bits per heavy atom. The lowest BCUT2D eigenvalue weighted by molar-refractivity contribution is -0.274. The van der Waals surface area contributed by atoms with Crippen molar-refractivity contribution >= 4 is 17.6 Å². The van der Waals surface area contributed by atoms with Crippen molar-refractivity contribution in [2.45, 2.75) is 57.4 Å². The van der Waals surface area contributed by atoms with E-state index in [1.165, 1.54) is 34.7 Å².